The molecule has 2 saturated heterocycles. The number of piperidine rings is 1. The van der Waals surface area contributed by atoms with Crippen LogP contribution in [0.2, 0.25) is 5.02 Å². The second-order valence-corrected chi connectivity index (χ2v) is 9.68. The van der Waals surface area contributed by atoms with Crippen molar-refractivity contribution in [1.82, 2.24) is 15.1 Å². The van der Waals surface area contributed by atoms with E-state index in [4.69, 9.17) is 17.0 Å². The van der Waals surface area contributed by atoms with Crippen molar-refractivity contribution in [3.63, 3.8) is 0 Å². The highest BCUT2D eigenvalue weighted by Gasteiger charge is 2.52. The molecule has 0 unspecified atom stereocenters. The Hall–Kier alpha value is -3.84. The summed E-state index contributed by atoms with van der Waals surface area (Å²) in [6, 6.07) is 26.1. The summed E-state index contributed by atoms with van der Waals surface area (Å²) in [5, 5.41) is 15.4. The highest BCUT2D eigenvalue weighted by atomic mass is 35.5. The van der Waals surface area contributed by atoms with Crippen LogP contribution in [0.4, 0.5) is 10.5 Å². The first-order chi connectivity index (χ1) is 17.5. The van der Waals surface area contributed by atoms with Gasteiger partial charge in [-0.05, 0) is 48.1 Å². The van der Waals surface area contributed by atoms with Gasteiger partial charge in [0.05, 0.1) is 0 Å². The van der Waals surface area contributed by atoms with Crippen LogP contribution in [0, 0.1) is 11.3 Å². The zero-order valence-corrected chi connectivity index (χ0v) is 20.5. The Morgan fingerprint density at radius 1 is 0.972 bits per heavy atom. The molecule has 0 spiro atoms. The summed E-state index contributed by atoms with van der Waals surface area (Å²) in [5.74, 6) is 0.147. The smallest absolute Gasteiger partial charge is 0.321 e. The van der Waals surface area contributed by atoms with Gasteiger partial charge in [-0.25, -0.2) is 4.79 Å². The number of urea groups is 1. The van der Waals surface area contributed by atoms with Gasteiger partial charge < -0.3 is 15.5 Å². The van der Waals surface area contributed by atoms with E-state index in [0.717, 1.165) is 24.0 Å². The summed E-state index contributed by atoms with van der Waals surface area (Å²) in [4.78, 5) is 30.0. The summed E-state index contributed by atoms with van der Waals surface area (Å²) in [6.45, 7) is 1.61. The zero-order chi connectivity index (χ0) is 25.1. The summed E-state index contributed by atoms with van der Waals surface area (Å²) >= 11 is 6.02. The predicted molar refractivity (Wildman–Crippen MR) is 141 cm³/mol. The standard InChI is InChI=1S/C28H28ClN5O2/c29-23-12-7-13-24(18-23)31-27(36)33-16-14-20(15-17-33)19-34-25(35)28(32-26(34)30,21-8-3-1-4-9-21)22-10-5-2-6-11-22/h1-13,18,20H,14-17,19H2,(H2,30,32)(H,31,36). The fourth-order valence-corrected chi connectivity index (χ4v) is 5.25. The number of halogens is 1. The number of carbonyl (C=O) groups excluding carboxylic acids is 2. The van der Waals surface area contributed by atoms with E-state index in [9.17, 15) is 9.59 Å². The highest BCUT2D eigenvalue weighted by Crippen LogP contribution is 2.36. The van der Waals surface area contributed by atoms with Gasteiger partial charge in [-0.2, -0.15) is 0 Å². The van der Waals surface area contributed by atoms with Crippen molar-refractivity contribution in [1.29, 1.82) is 5.41 Å². The van der Waals surface area contributed by atoms with Gasteiger partial charge >= 0.3 is 6.03 Å². The van der Waals surface area contributed by atoms with Crippen LogP contribution < -0.4 is 10.6 Å². The maximum atomic E-state index is 14.0. The molecule has 7 nitrogen and oxygen atoms in total. The number of guanidine groups is 1. The van der Waals surface area contributed by atoms with E-state index in [1.54, 1.807) is 34.1 Å². The van der Waals surface area contributed by atoms with Crippen LogP contribution in [0.1, 0.15) is 24.0 Å². The first kappa shape index (κ1) is 23.9. The highest BCUT2D eigenvalue weighted by molar-refractivity contribution is 6.30. The van der Waals surface area contributed by atoms with Crippen LogP contribution in [0.15, 0.2) is 84.9 Å². The van der Waals surface area contributed by atoms with Crippen molar-refractivity contribution in [3.8, 4) is 0 Å². The Morgan fingerprint density at radius 2 is 1.58 bits per heavy atom. The number of nitrogens with one attached hydrogen (secondary N) is 3. The molecule has 0 saturated carbocycles. The van der Waals surface area contributed by atoms with Gasteiger partial charge in [-0.3, -0.25) is 15.1 Å². The van der Waals surface area contributed by atoms with E-state index in [1.165, 1.54) is 0 Å². The quantitative estimate of drug-likeness (QED) is 0.465. The Bertz CT molecular complexity index is 1220. The van der Waals surface area contributed by atoms with Gasteiger partial charge in [-0.15, -0.1) is 0 Å². The monoisotopic (exact) mass is 501 g/mol. The average molecular weight is 502 g/mol. The number of benzene rings is 3. The number of anilines is 1. The molecule has 8 heteroatoms. The molecular formula is C28H28ClN5O2. The van der Waals surface area contributed by atoms with Gasteiger partial charge in [0.25, 0.3) is 5.91 Å². The minimum atomic E-state index is -1.13. The maximum absolute atomic E-state index is 14.0. The normalized spacial score (nSPS) is 17.7. The van der Waals surface area contributed by atoms with Gasteiger partial charge in [-0.1, -0.05) is 78.3 Å². The van der Waals surface area contributed by atoms with E-state index < -0.39 is 5.54 Å². The molecule has 5 rings (SSSR count). The molecule has 36 heavy (non-hydrogen) atoms. The second kappa shape index (κ2) is 10.0. The Balaban J connectivity index is 1.27. The molecule has 0 atom stereocenters. The fourth-order valence-electron chi connectivity index (χ4n) is 5.06. The van der Waals surface area contributed by atoms with Crippen LogP contribution in [0.25, 0.3) is 0 Å². The van der Waals surface area contributed by atoms with Crippen molar-refractivity contribution in [3.05, 3.63) is 101 Å². The van der Waals surface area contributed by atoms with Gasteiger partial charge in [0.1, 0.15) is 0 Å². The third kappa shape index (κ3) is 4.54. The van der Waals surface area contributed by atoms with Crippen molar-refractivity contribution in [2.24, 2.45) is 5.92 Å². The van der Waals surface area contributed by atoms with Crippen molar-refractivity contribution in [2.75, 3.05) is 25.0 Å². The Labute approximate surface area is 215 Å². The molecule has 3 aromatic carbocycles. The lowest BCUT2D eigenvalue weighted by molar-refractivity contribution is -0.130. The lowest BCUT2D eigenvalue weighted by Gasteiger charge is -2.34. The fraction of sp³-hybridized carbons (Fsp3) is 0.250. The predicted octanol–water partition coefficient (Wildman–Crippen LogP) is 4.89. The summed E-state index contributed by atoms with van der Waals surface area (Å²) < 4.78 is 0. The lowest BCUT2D eigenvalue weighted by Crippen LogP contribution is -2.46. The van der Waals surface area contributed by atoms with Gasteiger partial charge in [0, 0.05) is 30.3 Å². The molecule has 0 bridgehead atoms. The third-order valence-electron chi connectivity index (χ3n) is 6.97. The molecule has 184 valence electrons. The van der Waals surface area contributed by atoms with Crippen LogP contribution in [0.3, 0.4) is 0 Å². The minimum absolute atomic E-state index is 0.105. The van der Waals surface area contributed by atoms with E-state index >= 15 is 0 Å². The molecule has 2 fully saturated rings. The molecule has 2 heterocycles. The third-order valence-corrected chi connectivity index (χ3v) is 7.21. The van der Waals surface area contributed by atoms with Gasteiger partial charge in [0.2, 0.25) is 0 Å². The largest absolute Gasteiger partial charge is 0.334 e. The molecule has 3 amide bonds. The molecule has 2 aliphatic rings. The molecule has 0 aliphatic carbocycles. The van der Waals surface area contributed by atoms with Crippen molar-refractivity contribution < 1.29 is 9.59 Å². The van der Waals surface area contributed by atoms with Gasteiger partial charge in [0.15, 0.2) is 11.5 Å². The summed E-state index contributed by atoms with van der Waals surface area (Å²) in [7, 11) is 0. The molecule has 2 aliphatic heterocycles. The first-order valence-corrected chi connectivity index (χ1v) is 12.5. The average Bonchev–Trinajstić information content (AvgIpc) is 3.16. The molecule has 3 aromatic rings. The SMILES string of the molecule is N=C1NC(c2ccccc2)(c2ccccc2)C(=O)N1CC1CCN(C(=O)Nc2cccc(Cl)c2)CC1. The van der Waals surface area contributed by atoms with E-state index in [0.29, 0.717) is 30.3 Å². The number of amides is 3. The summed E-state index contributed by atoms with van der Waals surface area (Å²) in [5.41, 5.74) is 1.15. The Kier molecular flexibility index (Phi) is 6.65. The number of carbonyl (C=O) groups is 2. The zero-order valence-electron chi connectivity index (χ0n) is 19.8. The number of rotatable bonds is 5. The number of likely N-dealkylation sites (tertiary alicyclic amines) is 1. The van der Waals surface area contributed by atoms with E-state index in [-0.39, 0.29) is 23.8 Å². The maximum Gasteiger partial charge on any atom is 0.321 e. The van der Waals surface area contributed by atoms with E-state index in [2.05, 4.69) is 10.6 Å². The second-order valence-electron chi connectivity index (χ2n) is 9.24. The van der Waals surface area contributed by atoms with Crippen LogP contribution in [-0.4, -0.2) is 47.3 Å². The molecule has 0 aromatic heterocycles. The first-order valence-electron chi connectivity index (χ1n) is 12.1. The summed E-state index contributed by atoms with van der Waals surface area (Å²) in [6.07, 6.45) is 1.51. The number of hydrogen-bond acceptors (Lipinski definition) is 3. The molecule has 3 N–H and O–H groups in total. The molecular weight excluding hydrogens is 474 g/mol. The Morgan fingerprint density at radius 3 is 2.17 bits per heavy atom. The van der Waals surface area contributed by atoms with E-state index in [1.807, 2.05) is 60.7 Å². The van der Waals surface area contributed by atoms with Crippen LogP contribution >= 0.6 is 11.6 Å². The minimum Gasteiger partial charge on any atom is -0.334 e. The van der Waals surface area contributed by atoms with Crippen molar-refractivity contribution in [2.45, 2.75) is 18.4 Å². The van der Waals surface area contributed by atoms with Crippen LogP contribution in [-0.2, 0) is 10.3 Å². The number of hydrogen-bond donors (Lipinski definition) is 3. The lowest BCUT2D eigenvalue weighted by atomic mass is 9.82. The number of nitrogens with zero attached hydrogens (tertiary/aromatic N) is 2. The topological polar surface area (TPSA) is 88.5 Å². The van der Waals surface area contributed by atoms with Crippen LogP contribution in [0.5, 0.6) is 0 Å². The molecule has 0 radical (unpaired) electrons. The van der Waals surface area contributed by atoms with Crippen molar-refractivity contribution >= 4 is 35.2 Å².